The first-order chi connectivity index (χ1) is 7.95. The second-order valence-corrected chi connectivity index (χ2v) is 5.03. The highest BCUT2D eigenvalue weighted by molar-refractivity contribution is 7.80. The summed E-state index contributed by atoms with van der Waals surface area (Å²) in [4.78, 5) is 0. The van der Waals surface area contributed by atoms with Gasteiger partial charge in [0.05, 0.1) is 6.21 Å². The van der Waals surface area contributed by atoms with Gasteiger partial charge < -0.3 is 5.73 Å². The third-order valence-electron chi connectivity index (χ3n) is 2.96. The molecule has 0 saturated carbocycles. The van der Waals surface area contributed by atoms with E-state index in [4.69, 9.17) is 5.73 Å². The molecule has 0 spiro atoms. The lowest BCUT2D eigenvalue weighted by Crippen LogP contribution is -2.24. The van der Waals surface area contributed by atoms with Crippen LogP contribution < -0.4 is 11.2 Å². The van der Waals surface area contributed by atoms with Gasteiger partial charge in [0.15, 0.2) is 5.11 Å². The van der Waals surface area contributed by atoms with Crippen LogP contribution in [0.15, 0.2) is 29.4 Å². The normalized spacial score (nSPS) is 11.7. The van der Waals surface area contributed by atoms with Gasteiger partial charge in [-0.15, -0.1) is 0 Å². The highest BCUT2D eigenvalue weighted by atomic mass is 32.1. The fraction of sp³-hybridized carbons (Fsp3) is 0.385. The molecule has 1 aromatic carbocycles. The molecule has 0 unspecified atom stereocenters. The molecule has 0 amide bonds. The van der Waals surface area contributed by atoms with E-state index in [0.29, 0.717) is 0 Å². The summed E-state index contributed by atoms with van der Waals surface area (Å²) in [6.07, 6.45) is 2.81. The lowest BCUT2D eigenvalue weighted by atomic mass is 9.82. The van der Waals surface area contributed by atoms with Gasteiger partial charge in [-0.2, -0.15) is 5.10 Å². The van der Waals surface area contributed by atoms with Gasteiger partial charge in [0.25, 0.3) is 0 Å². The van der Waals surface area contributed by atoms with Gasteiger partial charge in [-0.3, -0.25) is 5.43 Å². The maximum Gasteiger partial charge on any atom is 0.184 e. The average Bonchev–Trinajstić information content (AvgIpc) is 2.29. The van der Waals surface area contributed by atoms with Crippen LogP contribution in [0.25, 0.3) is 0 Å². The molecule has 0 radical (unpaired) electrons. The summed E-state index contributed by atoms with van der Waals surface area (Å²) in [7, 11) is 0. The Balaban J connectivity index is 2.75. The third kappa shape index (κ3) is 4.15. The molecule has 0 aromatic heterocycles. The number of rotatable bonds is 4. The fourth-order valence-corrected chi connectivity index (χ4v) is 1.45. The summed E-state index contributed by atoms with van der Waals surface area (Å²) >= 11 is 4.65. The summed E-state index contributed by atoms with van der Waals surface area (Å²) in [5, 5.41) is 4.08. The van der Waals surface area contributed by atoms with Crippen LogP contribution in [0.1, 0.15) is 38.3 Å². The van der Waals surface area contributed by atoms with Crippen molar-refractivity contribution in [2.75, 3.05) is 0 Å². The van der Waals surface area contributed by atoms with Crippen LogP contribution in [0.3, 0.4) is 0 Å². The fourth-order valence-electron chi connectivity index (χ4n) is 1.39. The molecule has 0 saturated heterocycles. The second kappa shape index (κ2) is 5.77. The molecule has 17 heavy (non-hydrogen) atoms. The van der Waals surface area contributed by atoms with E-state index in [2.05, 4.69) is 55.6 Å². The average molecular weight is 249 g/mol. The molecule has 92 valence electrons. The number of nitrogens with two attached hydrogens (primary N) is 1. The van der Waals surface area contributed by atoms with Crippen molar-refractivity contribution in [3.05, 3.63) is 35.4 Å². The van der Waals surface area contributed by atoms with E-state index in [1.807, 2.05) is 12.1 Å². The molecular weight excluding hydrogens is 230 g/mol. The topological polar surface area (TPSA) is 50.4 Å². The first kappa shape index (κ1) is 13.6. The predicted molar refractivity (Wildman–Crippen MR) is 77.3 cm³/mol. The molecule has 3 nitrogen and oxygen atoms in total. The number of benzene rings is 1. The summed E-state index contributed by atoms with van der Waals surface area (Å²) < 4.78 is 0. The lowest BCUT2D eigenvalue weighted by molar-refractivity contribution is 0.506. The minimum absolute atomic E-state index is 0.171. The molecule has 0 aliphatic rings. The molecule has 0 heterocycles. The zero-order chi connectivity index (χ0) is 12.9. The van der Waals surface area contributed by atoms with Crippen LogP contribution in [0.5, 0.6) is 0 Å². The molecule has 0 aliphatic carbocycles. The van der Waals surface area contributed by atoms with Gasteiger partial charge in [0.2, 0.25) is 0 Å². The minimum Gasteiger partial charge on any atom is -0.375 e. The SMILES string of the molecule is CCC(C)(C)c1ccc(C=NNC(N)=S)cc1. The molecule has 0 bridgehead atoms. The number of hydrogen-bond donors (Lipinski definition) is 2. The highest BCUT2D eigenvalue weighted by Gasteiger charge is 2.17. The van der Waals surface area contributed by atoms with Crippen LogP contribution >= 0.6 is 12.2 Å². The number of thiocarbonyl (C=S) groups is 1. The van der Waals surface area contributed by atoms with E-state index in [0.717, 1.165) is 12.0 Å². The Morgan fingerprint density at radius 1 is 1.41 bits per heavy atom. The van der Waals surface area contributed by atoms with Gasteiger partial charge in [0.1, 0.15) is 0 Å². The Labute approximate surface area is 108 Å². The molecule has 0 aliphatic heterocycles. The molecule has 4 heteroatoms. The van der Waals surface area contributed by atoms with Crippen molar-refractivity contribution in [3.63, 3.8) is 0 Å². The van der Waals surface area contributed by atoms with Crippen LogP contribution in [0.4, 0.5) is 0 Å². The first-order valence-corrected chi connectivity index (χ1v) is 6.05. The Kier molecular flexibility index (Phi) is 4.63. The molecule has 3 N–H and O–H groups in total. The van der Waals surface area contributed by atoms with Crippen LogP contribution in [-0.2, 0) is 5.41 Å². The van der Waals surface area contributed by atoms with Crippen molar-refractivity contribution >= 4 is 23.5 Å². The number of hydrazone groups is 1. The molecule has 1 aromatic rings. The van der Waals surface area contributed by atoms with Crippen molar-refractivity contribution in [2.24, 2.45) is 10.8 Å². The predicted octanol–water partition coefficient (Wildman–Crippen LogP) is 2.54. The van der Waals surface area contributed by atoms with E-state index in [-0.39, 0.29) is 10.5 Å². The van der Waals surface area contributed by atoms with Gasteiger partial charge in [-0.1, -0.05) is 45.0 Å². The minimum atomic E-state index is 0.171. The largest absolute Gasteiger partial charge is 0.375 e. The smallest absolute Gasteiger partial charge is 0.184 e. The number of nitrogens with one attached hydrogen (secondary N) is 1. The highest BCUT2D eigenvalue weighted by Crippen LogP contribution is 2.26. The summed E-state index contributed by atoms with van der Waals surface area (Å²) in [5.74, 6) is 0. The Bertz CT molecular complexity index is 407. The van der Waals surface area contributed by atoms with Gasteiger partial charge in [-0.25, -0.2) is 0 Å². The van der Waals surface area contributed by atoms with Crippen molar-refractivity contribution in [3.8, 4) is 0 Å². The summed E-state index contributed by atoms with van der Waals surface area (Å²) in [5.41, 5.74) is 10.4. The van der Waals surface area contributed by atoms with Crippen LogP contribution in [-0.4, -0.2) is 11.3 Å². The molecule has 1 rings (SSSR count). The van der Waals surface area contributed by atoms with E-state index >= 15 is 0 Å². The maximum absolute atomic E-state index is 5.26. The number of hydrogen-bond acceptors (Lipinski definition) is 2. The maximum atomic E-state index is 5.26. The summed E-state index contributed by atoms with van der Waals surface area (Å²) in [6, 6.07) is 8.34. The van der Waals surface area contributed by atoms with Gasteiger partial charge >= 0.3 is 0 Å². The second-order valence-electron chi connectivity index (χ2n) is 4.59. The van der Waals surface area contributed by atoms with E-state index < -0.39 is 0 Å². The molecule has 0 atom stereocenters. The number of nitrogens with zero attached hydrogens (tertiary/aromatic N) is 1. The standard InChI is InChI=1S/C13H19N3S/c1-4-13(2,3)11-7-5-10(6-8-11)9-15-16-12(14)17/h5-9H,4H2,1-3H3,(H3,14,16,17). The monoisotopic (exact) mass is 249 g/mol. The van der Waals surface area contributed by atoms with E-state index in [1.165, 1.54) is 5.56 Å². The van der Waals surface area contributed by atoms with E-state index in [9.17, 15) is 0 Å². The summed E-state index contributed by atoms with van der Waals surface area (Å²) in [6.45, 7) is 6.68. The van der Waals surface area contributed by atoms with Crippen molar-refractivity contribution in [2.45, 2.75) is 32.6 Å². The third-order valence-corrected chi connectivity index (χ3v) is 3.06. The van der Waals surface area contributed by atoms with E-state index in [1.54, 1.807) is 6.21 Å². The quantitative estimate of drug-likeness (QED) is 0.490. The van der Waals surface area contributed by atoms with Crippen LogP contribution in [0.2, 0.25) is 0 Å². The first-order valence-electron chi connectivity index (χ1n) is 5.65. The zero-order valence-electron chi connectivity index (χ0n) is 10.5. The molecular formula is C13H19N3S. The van der Waals surface area contributed by atoms with Gasteiger partial charge in [0, 0.05) is 0 Å². The Hall–Kier alpha value is -1.42. The van der Waals surface area contributed by atoms with Gasteiger partial charge in [-0.05, 0) is 35.2 Å². The Morgan fingerprint density at radius 2 is 2.00 bits per heavy atom. The van der Waals surface area contributed by atoms with Crippen LogP contribution in [0, 0.1) is 0 Å². The zero-order valence-corrected chi connectivity index (χ0v) is 11.3. The van der Waals surface area contributed by atoms with Crippen molar-refractivity contribution in [1.82, 2.24) is 5.43 Å². The Morgan fingerprint density at radius 3 is 2.47 bits per heavy atom. The molecule has 0 fully saturated rings. The lowest BCUT2D eigenvalue weighted by Gasteiger charge is -2.23. The van der Waals surface area contributed by atoms with Crippen molar-refractivity contribution in [1.29, 1.82) is 0 Å². The van der Waals surface area contributed by atoms with Crippen molar-refractivity contribution < 1.29 is 0 Å².